The van der Waals surface area contributed by atoms with Gasteiger partial charge in [0.25, 0.3) is 5.91 Å². The lowest BCUT2D eigenvalue weighted by Crippen LogP contribution is -2.26. The average molecular weight is 342 g/mol. The van der Waals surface area contributed by atoms with E-state index >= 15 is 0 Å². The fourth-order valence-corrected chi connectivity index (χ4v) is 2.95. The van der Waals surface area contributed by atoms with Gasteiger partial charge in [-0.1, -0.05) is 30.7 Å². The summed E-state index contributed by atoms with van der Waals surface area (Å²) in [6.45, 7) is 4.03. The summed E-state index contributed by atoms with van der Waals surface area (Å²) in [6.07, 6.45) is 0.861. The van der Waals surface area contributed by atoms with Gasteiger partial charge >= 0.3 is 0 Å². The van der Waals surface area contributed by atoms with Crippen LogP contribution in [0.5, 0.6) is 0 Å². The van der Waals surface area contributed by atoms with Gasteiger partial charge in [-0.05, 0) is 42.8 Å². The number of fused-ring (bicyclic) bond motifs is 1. The summed E-state index contributed by atoms with van der Waals surface area (Å²) < 4.78 is 2.06. The van der Waals surface area contributed by atoms with E-state index in [-0.39, 0.29) is 11.9 Å². The van der Waals surface area contributed by atoms with Gasteiger partial charge in [0.05, 0.1) is 17.1 Å². The molecule has 0 aliphatic carbocycles. The second-order valence-electron chi connectivity index (χ2n) is 5.89. The van der Waals surface area contributed by atoms with Gasteiger partial charge in [0.15, 0.2) is 0 Å². The van der Waals surface area contributed by atoms with Gasteiger partial charge in [0, 0.05) is 24.1 Å². The molecule has 3 aromatic rings. The van der Waals surface area contributed by atoms with E-state index in [1.807, 2.05) is 56.4 Å². The maximum absolute atomic E-state index is 12.5. The Kier molecular flexibility index (Phi) is 4.58. The van der Waals surface area contributed by atoms with Crippen molar-refractivity contribution in [3.63, 3.8) is 0 Å². The highest BCUT2D eigenvalue weighted by atomic mass is 35.5. The molecule has 124 valence electrons. The molecule has 0 unspecified atom stereocenters. The van der Waals surface area contributed by atoms with Crippen LogP contribution < -0.4 is 5.32 Å². The molecule has 2 aromatic carbocycles. The van der Waals surface area contributed by atoms with E-state index in [1.54, 1.807) is 0 Å². The van der Waals surface area contributed by atoms with Crippen LogP contribution in [0.2, 0.25) is 5.02 Å². The standard InChI is InChI=1S/C19H20ClN3O/c1-4-18-22-16-11-14(7-10-17(16)23(18)3)19(24)21-12(2)13-5-8-15(20)9-6-13/h5-12H,4H2,1-3H3,(H,21,24)/t12-/m0/s1. The second-order valence-corrected chi connectivity index (χ2v) is 6.33. The lowest BCUT2D eigenvalue weighted by molar-refractivity contribution is 0.0940. The molecule has 4 nitrogen and oxygen atoms in total. The normalized spacial score (nSPS) is 12.3. The Morgan fingerprint density at radius 2 is 1.96 bits per heavy atom. The first kappa shape index (κ1) is 16.5. The summed E-state index contributed by atoms with van der Waals surface area (Å²) in [4.78, 5) is 17.1. The van der Waals surface area contributed by atoms with Crippen LogP contribution in [-0.2, 0) is 13.5 Å². The zero-order valence-electron chi connectivity index (χ0n) is 14.0. The Bertz CT molecular complexity index is 884. The van der Waals surface area contributed by atoms with Crippen molar-refractivity contribution in [1.29, 1.82) is 0 Å². The van der Waals surface area contributed by atoms with Gasteiger partial charge in [-0.3, -0.25) is 4.79 Å². The number of imidazole rings is 1. The number of nitrogens with one attached hydrogen (secondary N) is 1. The van der Waals surface area contributed by atoms with Crippen LogP contribution in [0, 0.1) is 0 Å². The molecule has 1 aromatic heterocycles. The molecule has 5 heteroatoms. The molecule has 0 fully saturated rings. The van der Waals surface area contributed by atoms with Gasteiger partial charge in [-0.25, -0.2) is 4.98 Å². The maximum Gasteiger partial charge on any atom is 0.251 e. The minimum Gasteiger partial charge on any atom is -0.346 e. The Hall–Kier alpha value is -2.33. The minimum atomic E-state index is -0.108. The zero-order chi connectivity index (χ0) is 17.3. The van der Waals surface area contributed by atoms with Gasteiger partial charge in [0.1, 0.15) is 5.82 Å². The Balaban J connectivity index is 1.81. The zero-order valence-corrected chi connectivity index (χ0v) is 14.8. The molecule has 0 radical (unpaired) electrons. The molecular weight excluding hydrogens is 322 g/mol. The fourth-order valence-electron chi connectivity index (χ4n) is 2.82. The number of amides is 1. The maximum atomic E-state index is 12.5. The molecule has 1 heterocycles. The third-order valence-electron chi connectivity index (χ3n) is 4.27. The van der Waals surface area contributed by atoms with Crippen LogP contribution in [0.1, 0.15) is 41.6 Å². The second kappa shape index (κ2) is 6.65. The van der Waals surface area contributed by atoms with E-state index < -0.39 is 0 Å². The number of aryl methyl sites for hydroxylation is 2. The van der Waals surface area contributed by atoms with Crippen molar-refractivity contribution in [3.05, 3.63) is 64.4 Å². The Morgan fingerprint density at radius 3 is 2.62 bits per heavy atom. The number of nitrogens with zero attached hydrogens (tertiary/aromatic N) is 2. The van der Waals surface area contributed by atoms with Crippen molar-refractivity contribution >= 4 is 28.5 Å². The van der Waals surface area contributed by atoms with E-state index in [0.717, 1.165) is 28.8 Å². The van der Waals surface area contributed by atoms with E-state index in [1.165, 1.54) is 0 Å². The van der Waals surface area contributed by atoms with Crippen molar-refractivity contribution in [2.45, 2.75) is 26.3 Å². The minimum absolute atomic E-state index is 0.0969. The number of rotatable bonds is 4. The average Bonchev–Trinajstić information content (AvgIpc) is 2.91. The molecule has 0 aliphatic rings. The quantitative estimate of drug-likeness (QED) is 0.769. The van der Waals surface area contributed by atoms with Crippen LogP contribution in [0.15, 0.2) is 42.5 Å². The number of carbonyl (C=O) groups is 1. The Morgan fingerprint density at radius 1 is 1.25 bits per heavy atom. The number of benzene rings is 2. The first-order valence-electron chi connectivity index (χ1n) is 8.01. The molecule has 3 rings (SSSR count). The highest BCUT2D eigenvalue weighted by Gasteiger charge is 2.14. The predicted molar refractivity (Wildman–Crippen MR) is 97.4 cm³/mol. The number of halogens is 1. The first-order valence-corrected chi connectivity index (χ1v) is 8.39. The number of aromatic nitrogens is 2. The summed E-state index contributed by atoms with van der Waals surface area (Å²) >= 11 is 5.90. The molecule has 0 spiro atoms. The van der Waals surface area contributed by atoms with Gasteiger partial charge in [0.2, 0.25) is 0 Å². The van der Waals surface area contributed by atoms with Crippen LogP contribution in [-0.4, -0.2) is 15.5 Å². The predicted octanol–water partition coefficient (Wildman–Crippen LogP) is 4.28. The SMILES string of the molecule is CCc1nc2cc(C(=O)N[C@@H](C)c3ccc(Cl)cc3)ccc2n1C. The Labute approximate surface area is 146 Å². The van der Waals surface area contributed by atoms with Crippen molar-refractivity contribution in [3.8, 4) is 0 Å². The number of hydrogen-bond acceptors (Lipinski definition) is 2. The summed E-state index contributed by atoms with van der Waals surface area (Å²) in [7, 11) is 2.00. The lowest BCUT2D eigenvalue weighted by atomic mass is 10.1. The van der Waals surface area contributed by atoms with Crippen molar-refractivity contribution in [1.82, 2.24) is 14.9 Å². The molecule has 1 atom stereocenters. The van der Waals surface area contributed by atoms with Crippen LogP contribution in [0.25, 0.3) is 11.0 Å². The summed E-state index contributed by atoms with van der Waals surface area (Å²) in [5.74, 6) is 0.903. The van der Waals surface area contributed by atoms with Gasteiger partial charge < -0.3 is 9.88 Å². The summed E-state index contributed by atoms with van der Waals surface area (Å²) in [5.41, 5.74) is 3.51. The third-order valence-corrected chi connectivity index (χ3v) is 4.52. The molecule has 24 heavy (non-hydrogen) atoms. The first-order chi connectivity index (χ1) is 11.5. The monoisotopic (exact) mass is 341 g/mol. The van der Waals surface area contributed by atoms with Gasteiger partial charge in [-0.15, -0.1) is 0 Å². The molecule has 0 saturated carbocycles. The molecule has 1 amide bonds. The largest absolute Gasteiger partial charge is 0.346 e. The molecular formula is C19H20ClN3O. The highest BCUT2D eigenvalue weighted by molar-refractivity contribution is 6.30. The third kappa shape index (κ3) is 3.15. The van der Waals surface area contributed by atoms with Gasteiger partial charge in [-0.2, -0.15) is 0 Å². The van der Waals surface area contributed by atoms with Crippen LogP contribution in [0.3, 0.4) is 0 Å². The van der Waals surface area contributed by atoms with Crippen molar-refractivity contribution in [2.75, 3.05) is 0 Å². The summed E-state index contributed by atoms with van der Waals surface area (Å²) in [5, 5.41) is 3.70. The number of hydrogen-bond donors (Lipinski definition) is 1. The molecule has 0 bridgehead atoms. The van der Waals surface area contributed by atoms with E-state index in [9.17, 15) is 4.79 Å². The van der Waals surface area contributed by atoms with E-state index in [4.69, 9.17) is 11.6 Å². The van der Waals surface area contributed by atoms with Crippen molar-refractivity contribution in [2.24, 2.45) is 7.05 Å². The number of carbonyl (C=O) groups excluding carboxylic acids is 1. The van der Waals surface area contributed by atoms with Crippen LogP contribution >= 0.6 is 11.6 Å². The topological polar surface area (TPSA) is 46.9 Å². The summed E-state index contributed by atoms with van der Waals surface area (Å²) in [6, 6.07) is 13.0. The lowest BCUT2D eigenvalue weighted by Gasteiger charge is -2.14. The molecule has 0 aliphatic heterocycles. The fraction of sp³-hybridized carbons (Fsp3) is 0.263. The van der Waals surface area contributed by atoms with Crippen LogP contribution in [0.4, 0.5) is 0 Å². The van der Waals surface area contributed by atoms with Crippen molar-refractivity contribution < 1.29 is 4.79 Å². The molecule has 0 saturated heterocycles. The van der Waals surface area contributed by atoms with E-state index in [0.29, 0.717) is 10.6 Å². The van der Waals surface area contributed by atoms with E-state index in [2.05, 4.69) is 21.8 Å². The highest BCUT2D eigenvalue weighted by Crippen LogP contribution is 2.19. The molecule has 1 N–H and O–H groups in total. The smallest absolute Gasteiger partial charge is 0.251 e.